The SMILES string of the molecule is Clc1cc(-c2cnc3ccccc3c2)cc(-c2nc(-c3ccccc3)nc(-c3ccccc3)n2)c1.Clc1cc(Br)cc(-c2nc(-c3ccccc3)nc(-c3ccccc3)n2)c1.OB(O)c1cnc2ccccc2c1. The smallest absolute Gasteiger partial charge is 0.423 e. The molecule has 0 spiro atoms. The lowest BCUT2D eigenvalue weighted by Gasteiger charge is -2.10. The van der Waals surface area contributed by atoms with E-state index in [-0.39, 0.29) is 0 Å². The zero-order valence-electron chi connectivity index (χ0n) is 39.1. The van der Waals surface area contributed by atoms with E-state index in [1.807, 2.05) is 200 Å². The molecule has 12 rings (SSSR count). The summed E-state index contributed by atoms with van der Waals surface area (Å²) in [7, 11) is -1.45. The first-order chi connectivity index (χ1) is 36.2. The molecule has 14 heteroatoms. The van der Waals surface area contributed by atoms with Crippen LogP contribution in [0.5, 0.6) is 0 Å². The summed E-state index contributed by atoms with van der Waals surface area (Å²) in [5.41, 5.74) is 9.54. The number of aromatic nitrogens is 8. The summed E-state index contributed by atoms with van der Waals surface area (Å²) < 4.78 is 0.878. The third-order valence-corrected chi connectivity index (χ3v) is 12.4. The Hall–Kier alpha value is -8.36. The van der Waals surface area contributed by atoms with Gasteiger partial charge < -0.3 is 10.0 Å². The van der Waals surface area contributed by atoms with Gasteiger partial charge in [-0.1, -0.05) is 203 Å². The van der Waals surface area contributed by atoms with E-state index in [1.54, 1.807) is 6.07 Å². The fraction of sp³-hybridized carbons (Fsp3) is 0. The number of fused-ring (bicyclic) bond motifs is 2. The predicted octanol–water partition coefficient (Wildman–Crippen LogP) is 13.9. The zero-order valence-corrected chi connectivity index (χ0v) is 42.2. The molecule has 0 amide bonds. The van der Waals surface area contributed by atoms with Crippen molar-refractivity contribution in [3.8, 4) is 79.5 Å². The van der Waals surface area contributed by atoms with Crippen LogP contribution in [0, 0.1) is 0 Å². The van der Waals surface area contributed by atoms with E-state index >= 15 is 0 Å². The maximum absolute atomic E-state index is 8.90. The number of nitrogens with zero attached hydrogens (tertiary/aromatic N) is 8. The normalized spacial score (nSPS) is 10.8. The Kier molecular flexibility index (Phi) is 15.3. The number of hydrogen-bond donors (Lipinski definition) is 2. The molecule has 8 aromatic carbocycles. The van der Waals surface area contributed by atoms with Gasteiger partial charge in [-0.2, -0.15) is 0 Å². The summed E-state index contributed by atoms with van der Waals surface area (Å²) >= 11 is 16.3. The lowest BCUT2D eigenvalue weighted by molar-refractivity contribution is 0.425. The second kappa shape index (κ2) is 23.0. The number of pyridine rings is 2. The summed E-state index contributed by atoms with van der Waals surface area (Å²) in [4.78, 5) is 37.2. The van der Waals surface area contributed by atoms with Crippen molar-refractivity contribution < 1.29 is 10.0 Å². The molecular weight excluding hydrogens is 1030 g/mol. The minimum absolute atomic E-state index is 0.415. The maximum Gasteiger partial charge on any atom is 0.490 e. The fourth-order valence-electron chi connectivity index (χ4n) is 7.90. The first-order valence-electron chi connectivity index (χ1n) is 23.3. The summed E-state index contributed by atoms with van der Waals surface area (Å²) in [5, 5.41) is 21.0. The van der Waals surface area contributed by atoms with Crippen molar-refractivity contribution in [1.82, 2.24) is 39.9 Å². The van der Waals surface area contributed by atoms with Crippen LogP contribution in [0.4, 0.5) is 0 Å². The Balaban J connectivity index is 0.000000140. The van der Waals surface area contributed by atoms with Gasteiger partial charge in [0.1, 0.15) is 0 Å². The van der Waals surface area contributed by atoms with E-state index in [9.17, 15) is 0 Å². The second-order valence-corrected chi connectivity index (χ2v) is 18.5. The lowest BCUT2D eigenvalue weighted by Crippen LogP contribution is -2.29. The van der Waals surface area contributed by atoms with Gasteiger partial charge in [0.25, 0.3) is 0 Å². The van der Waals surface area contributed by atoms with E-state index in [2.05, 4.69) is 59.0 Å². The summed E-state index contributed by atoms with van der Waals surface area (Å²) in [6.45, 7) is 0. The van der Waals surface area contributed by atoms with Gasteiger partial charge in [0.05, 0.1) is 11.0 Å². The van der Waals surface area contributed by atoms with Crippen LogP contribution in [0.25, 0.3) is 101 Å². The van der Waals surface area contributed by atoms with Crippen LogP contribution < -0.4 is 5.46 Å². The van der Waals surface area contributed by atoms with E-state index in [1.165, 1.54) is 6.20 Å². The van der Waals surface area contributed by atoms with Crippen molar-refractivity contribution in [3.63, 3.8) is 0 Å². The zero-order chi connectivity index (χ0) is 50.8. The Bertz CT molecular complexity index is 3750. The molecular formula is C60H40BBrCl2N8O2. The highest BCUT2D eigenvalue weighted by Crippen LogP contribution is 2.33. The highest BCUT2D eigenvalue weighted by Gasteiger charge is 2.16. The van der Waals surface area contributed by atoms with Crippen LogP contribution in [0.3, 0.4) is 0 Å². The summed E-state index contributed by atoms with van der Waals surface area (Å²) in [5.74, 6) is 3.64. The molecule has 4 aromatic heterocycles. The second-order valence-electron chi connectivity index (χ2n) is 16.7. The third kappa shape index (κ3) is 12.1. The van der Waals surface area contributed by atoms with E-state index in [0.717, 1.165) is 70.8 Å². The number of para-hydroxylation sites is 2. The molecule has 0 saturated heterocycles. The molecule has 0 fully saturated rings. The highest BCUT2D eigenvalue weighted by molar-refractivity contribution is 9.10. The van der Waals surface area contributed by atoms with Crippen molar-refractivity contribution >= 4 is 73.5 Å². The van der Waals surface area contributed by atoms with Gasteiger partial charge in [0.15, 0.2) is 34.9 Å². The van der Waals surface area contributed by atoms with Gasteiger partial charge in [-0.15, -0.1) is 0 Å². The first kappa shape index (κ1) is 49.2. The highest BCUT2D eigenvalue weighted by atomic mass is 79.9. The number of rotatable bonds is 8. The maximum atomic E-state index is 8.90. The quantitative estimate of drug-likeness (QED) is 0.141. The van der Waals surface area contributed by atoms with Crippen molar-refractivity contribution in [2.75, 3.05) is 0 Å². The topological polar surface area (TPSA) is 144 Å². The van der Waals surface area contributed by atoms with Gasteiger partial charge >= 0.3 is 7.12 Å². The molecule has 0 unspecified atom stereocenters. The average Bonchev–Trinajstić information content (AvgIpc) is 3.45. The van der Waals surface area contributed by atoms with Crippen LogP contribution in [0.15, 0.2) is 235 Å². The molecule has 0 bridgehead atoms. The Labute approximate surface area is 445 Å². The number of hydrogen-bond acceptors (Lipinski definition) is 10. The van der Waals surface area contributed by atoms with Crippen molar-refractivity contribution in [2.24, 2.45) is 0 Å². The van der Waals surface area contributed by atoms with Crippen molar-refractivity contribution in [1.29, 1.82) is 0 Å². The van der Waals surface area contributed by atoms with Crippen LogP contribution in [-0.2, 0) is 0 Å². The predicted molar refractivity (Wildman–Crippen MR) is 302 cm³/mol. The molecule has 0 radical (unpaired) electrons. The monoisotopic (exact) mass is 1060 g/mol. The average molecular weight is 1070 g/mol. The minimum Gasteiger partial charge on any atom is -0.423 e. The largest absolute Gasteiger partial charge is 0.490 e. The number of halogens is 3. The Morgan fingerprint density at radius 3 is 1.11 bits per heavy atom. The molecule has 0 aliphatic rings. The summed E-state index contributed by atoms with van der Waals surface area (Å²) in [6, 6.07) is 70.6. The van der Waals surface area contributed by atoms with E-state index in [4.69, 9.17) is 48.2 Å². The Morgan fingerprint density at radius 2 is 0.676 bits per heavy atom. The van der Waals surface area contributed by atoms with E-state index in [0.29, 0.717) is 50.5 Å². The summed E-state index contributed by atoms with van der Waals surface area (Å²) in [6.07, 6.45) is 3.34. The molecule has 0 saturated carbocycles. The molecule has 0 aliphatic carbocycles. The molecule has 74 heavy (non-hydrogen) atoms. The van der Waals surface area contributed by atoms with Crippen LogP contribution >= 0.6 is 39.1 Å². The van der Waals surface area contributed by atoms with Crippen molar-refractivity contribution in [3.05, 3.63) is 245 Å². The van der Waals surface area contributed by atoms with Gasteiger partial charge in [0, 0.05) is 76.7 Å². The molecule has 12 aromatic rings. The third-order valence-electron chi connectivity index (χ3n) is 11.5. The lowest BCUT2D eigenvalue weighted by atomic mass is 9.81. The van der Waals surface area contributed by atoms with Crippen LogP contribution in [0.2, 0.25) is 10.0 Å². The number of benzene rings is 8. The van der Waals surface area contributed by atoms with E-state index < -0.39 is 7.12 Å². The van der Waals surface area contributed by atoms with Gasteiger partial charge in [-0.05, 0) is 65.5 Å². The minimum atomic E-state index is -1.45. The van der Waals surface area contributed by atoms with Crippen LogP contribution in [-0.4, -0.2) is 57.0 Å². The van der Waals surface area contributed by atoms with Gasteiger partial charge in [-0.25, -0.2) is 29.9 Å². The standard InChI is InChI=1S/C30H19ClN4.C21H13BrClN3.C9H8BNO2/c31-26-17-23(25-15-22-13-7-8-14-27(22)32-19-25)16-24(18-26)30-34-28(20-9-3-1-4-10-20)33-29(35-30)21-11-5-2-6-12-21;22-17-11-16(12-18(23)13-17)21-25-19(14-7-3-1-4-8-14)24-20(26-21)15-9-5-2-6-10-15;12-10(13)8-5-7-3-1-2-4-9(7)11-6-8/h1-19H;1-13H;1-6,12-13H. The fourth-order valence-corrected chi connectivity index (χ4v) is 9.00. The molecule has 2 N–H and O–H groups in total. The molecule has 10 nitrogen and oxygen atoms in total. The van der Waals surface area contributed by atoms with Crippen LogP contribution in [0.1, 0.15) is 0 Å². The van der Waals surface area contributed by atoms with Crippen molar-refractivity contribution in [2.45, 2.75) is 0 Å². The Morgan fingerprint density at radius 1 is 0.324 bits per heavy atom. The molecule has 0 aliphatic heterocycles. The molecule has 0 atom stereocenters. The van der Waals surface area contributed by atoms with Gasteiger partial charge in [-0.3, -0.25) is 9.97 Å². The first-order valence-corrected chi connectivity index (χ1v) is 24.8. The molecule has 356 valence electrons. The van der Waals surface area contributed by atoms with Gasteiger partial charge in [0.2, 0.25) is 0 Å². The molecule has 4 heterocycles.